The van der Waals surface area contributed by atoms with Crippen LogP contribution in [0.1, 0.15) is 11.1 Å². The van der Waals surface area contributed by atoms with E-state index >= 15 is 0 Å². The minimum atomic E-state index is -0.396. The molecule has 0 aromatic heterocycles. The van der Waals surface area contributed by atoms with E-state index in [1.807, 2.05) is 12.1 Å². The third kappa shape index (κ3) is 9.52. The number of aliphatic imine (C=N–C) groups is 1. The lowest BCUT2D eigenvalue weighted by Gasteiger charge is -2.26. The number of nitrogens with zero attached hydrogens (tertiary/aromatic N) is 3. The molecule has 0 atom stereocenters. The molecule has 0 amide bonds. The highest BCUT2D eigenvalue weighted by molar-refractivity contribution is 14.0. The zero-order chi connectivity index (χ0) is 22.6. The molecule has 1 saturated heterocycles. The van der Waals surface area contributed by atoms with Crippen LogP contribution in [0.4, 0.5) is 5.69 Å². The zero-order valence-corrected chi connectivity index (χ0v) is 21.2. The molecule has 2 aromatic carbocycles. The fourth-order valence-corrected chi connectivity index (χ4v) is 3.34. The molecule has 1 aliphatic rings. The summed E-state index contributed by atoms with van der Waals surface area (Å²) in [5.74, 6) is 1.57. The molecular formula is C23H32IN5O4. The van der Waals surface area contributed by atoms with Crippen molar-refractivity contribution in [3.8, 4) is 5.75 Å². The molecule has 180 valence electrons. The van der Waals surface area contributed by atoms with Gasteiger partial charge in [0.25, 0.3) is 5.69 Å². The first-order chi connectivity index (χ1) is 15.6. The van der Waals surface area contributed by atoms with Crippen LogP contribution in [0.2, 0.25) is 0 Å². The van der Waals surface area contributed by atoms with Crippen molar-refractivity contribution in [1.82, 2.24) is 15.5 Å². The zero-order valence-electron chi connectivity index (χ0n) is 18.9. The summed E-state index contributed by atoms with van der Waals surface area (Å²) in [7, 11) is 1.66. The lowest BCUT2D eigenvalue weighted by Crippen LogP contribution is -2.44. The van der Waals surface area contributed by atoms with Crippen molar-refractivity contribution in [3.05, 3.63) is 69.8 Å². The first-order valence-electron chi connectivity index (χ1n) is 10.8. The van der Waals surface area contributed by atoms with E-state index in [4.69, 9.17) is 9.47 Å². The summed E-state index contributed by atoms with van der Waals surface area (Å²) in [6, 6.07) is 14.5. The van der Waals surface area contributed by atoms with Crippen molar-refractivity contribution < 1.29 is 14.4 Å². The number of hydrogen-bond acceptors (Lipinski definition) is 6. The maximum atomic E-state index is 10.8. The molecule has 0 bridgehead atoms. The summed E-state index contributed by atoms with van der Waals surface area (Å²) in [6.07, 6.45) is 0.853. The Balaban J connectivity index is 0.00000385. The van der Waals surface area contributed by atoms with E-state index in [1.54, 1.807) is 19.2 Å². The number of non-ortho nitro benzene ring substituents is 1. The average Bonchev–Trinajstić information content (AvgIpc) is 2.83. The predicted octanol–water partition coefficient (Wildman–Crippen LogP) is 2.83. The minimum Gasteiger partial charge on any atom is -0.497 e. The normalized spacial score (nSPS) is 14.3. The molecule has 0 spiro atoms. The monoisotopic (exact) mass is 569 g/mol. The molecule has 1 heterocycles. The number of ether oxygens (including phenoxy) is 2. The quantitative estimate of drug-likeness (QED) is 0.149. The molecule has 1 fully saturated rings. The lowest BCUT2D eigenvalue weighted by molar-refractivity contribution is -0.384. The van der Waals surface area contributed by atoms with Gasteiger partial charge in [0.15, 0.2) is 5.96 Å². The second kappa shape index (κ2) is 14.7. The molecule has 0 radical (unpaired) electrons. The maximum absolute atomic E-state index is 10.8. The number of hydrogen-bond donors (Lipinski definition) is 2. The van der Waals surface area contributed by atoms with E-state index < -0.39 is 4.92 Å². The Morgan fingerprint density at radius 3 is 2.33 bits per heavy atom. The van der Waals surface area contributed by atoms with Gasteiger partial charge in [-0.25, -0.2) is 4.99 Å². The molecule has 10 heteroatoms. The van der Waals surface area contributed by atoms with Crippen LogP contribution in [0.5, 0.6) is 5.75 Å². The lowest BCUT2D eigenvalue weighted by atomic mass is 10.1. The molecule has 3 rings (SSSR count). The standard InChI is InChI=1S/C23H31N5O4.HI/c1-31-22-8-4-19(5-9-22)10-11-24-23(25-12-13-27-14-16-32-17-15-27)26-18-20-2-6-21(7-3-20)28(29)30;/h2-9H,10-18H2,1H3,(H2,24,25,26);1H. The summed E-state index contributed by atoms with van der Waals surface area (Å²) < 4.78 is 10.6. The van der Waals surface area contributed by atoms with Crippen LogP contribution in [-0.2, 0) is 17.7 Å². The number of methoxy groups -OCH3 is 1. The van der Waals surface area contributed by atoms with E-state index in [2.05, 4.69) is 32.7 Å². The van der Waals surface area contributed by atoms with Crippen LogP contribution in [0.25, 0.3) is 0 Å². The first-order valence-corrected chi connectivity index (χ1v) is 10.8. The van der Waals surface area contributed by atoms with Gasteiger partial charge in [-0.1, -0.05) is 24.3 Å². The van der Waals surface area contributed by atoms with Gasteiger partial charge in [0.05, 0.1) is 31.8 Å². The van der Waals surface area contributed by atoms with E-state index in [-0.39, 0.29) is 29.7 Å². The molecule has 0 saturated carbocycles. The molecular weight excluding hydrogens is 537 g/mol. The third-order valence-electron chi connectivity index (χ3n) is 5.26. The largest absolute Gasteiger partial charge is 0.497 e. The van der Waals surface area contributed by atoms with Crippen molar-refractivity contribution in [1.29, 1.82) is 0 Å². The number of halogens is 1. The average molecular weight is 569 g/mol. The van der Waals surface area contributed by atoms with Gasteiger partial charge in [-0.3, -0.25) is 15.0 Å². The van der Waals surface area contributed by atoms with Gasteiger partial charge >= 0.3 is 0 Å². The van der Waals surface area contributed by atoms with Crippen molar-refractivity contribution in [2.75, 3.05) is 53.0 Å². The SMILES string of the molecule is COc1ccc(CCNC(=NCc2ccc([N+](=O)[O-])cc2)NCCN2CCOCC2)cc1.I. The van der Waals surface area contributed by atoms with Crippen molar-refractivity contribution in [2.45, 2.75) is 13.0 Å². The van der Waals surface area contributed by atoms with Gasteiger partial charge in [0.1, 0.15) is 5.75 Å². The molecule has 2 aromatic rings. The van der Waals surface area contributed by atoms with Crippen LogP contribution in [0, 0.1) is 10.1 Å². The number of nitro benzene ring substituents is 1. The highest BCUT2D eigenvalue weighted by Crippen LogP contribution is 2.13. The van der Waals surface area contributed by atoms with Crippen LogP contribution in [0.15, 0.2) is 53.5 Å². The Morgan fingerprint density at radius 1 is 1.06 bits per heavy atom. The number of benzene rings is 2. The number of nitrogens with one attached hydrogen (secondary N) is 2. The maximum Gasteiger partial charge on any atom is 0.269 e. The molecule has 2 N–H and O–H groups in total. The summed E-state index contributed by atoms with van der Waals surface area (Å²) in [5.41, 5.74) is 2.21. The Bertz CT molecular complexity index is 871. The van der Waals surface area contributed by atoms with Crippen molar-refractivity contribution in [2.24, 2.45) is 4.99 Å². The molecule has 1 aliphatic heterocycles. The Kier molecular flexibility index (Phi) is 11.9. The number of nitro groups is 1. The number of morpholine rings is 1. The molecule has 0 aliphatic carbocycles. The highest BCUT2D eigenvalue weighted by Gasteiger charge is 2.10. The summed E-state index contributed by atoms with van der Waals surface area (Å²) in [5, 5.41) is 17.6. The van der Waals surface area contributed by atoms with Crippen LogP contribution >= 0.6 is 24.0 Å². The number of guanidine groups is 1. The van der Waals surface area contributed by atoms with Gasteiger partial charge in [0, 0.05) is 44.9 Å². The van der Waals surface area contributed by atoms with Gasteiger partial charge in [-0.15, -0.1) is 24.0 Å². The van der Waals surface area contributed by atoms with Gasteiger partial charge in [-0.05, 0) is 29.7 Å². The fourth-order valence-electron chi connectivity index (χ4n) is 3.34. The smallest absolute Gasteiger partial charge is 0.269 e. The Hall–Kier alpha value is -2.44. The van der Waals surface area contributed by atoms with Gasteiger partial charge in [0.2, 0.25) is 0 Å². The van der Waals surface area contributed by atoms with E-state index in [0.29, 0.717) is 6.54 Å². The molecule has 33 heavy (non-hydrogen) atoms. The summed E-state index contributed by atoms with van der Waals surface area (Å²) in [6.45, 7) is 6.31. The van der Waals surface area contributed by atoms with E-state index in [1.165, 1.54) is 17.7 Å². The Labute approximate surface area is 211 Å². The third-order valence-corrected chi connectivity index (χ3v) is 5.26. The summed E-state index contributed by atoms with van der Waals surface area (Å²) in [4.78, 5) is 17.5. The summed E-state index contributed by atoms with van der Waals surface area (Å²) >= 11 is 0. The second-order valence-corrected chi connectivity index (χ2v) is 7.49. The minimum absolute atomic E-state index is 0. The fraction of sp³-hybridized carbons (Fsp3) is 0.435. The van der Waals surface area contributed by atoms with Crippen LogP contribution in [0.3, 0.4) is 0 Å². The second-order valence-electron chi connectivity index (χ2n) is 7.49. The predicted molar refractivity (Wildman–Crippen MR) is 140 cm³/mol. The topological polar surface area (TPSA) is 101 Å². The van der Waals surface area contributed by atoms with Crippen molar-refractivity contribution in [3.63, 3.8) is 0 Å². The molecule has 0 unspecified atom stereocenters. The van der Waals surface area contributed by atoms with Crippen LogP contribution in [-0.4, -0.2) is 68.8 Å². The Morgan fingerprint density at radius 2 is 1.70 bits per heavy atom. The van der Waals surface area contributed by atoms with Gasteiger partial charge < -0.3 is 20.1 Å². The van der Waals surface area contributed by atoms with E-state index in [0.717, 1.165) is 69.6 Å². The van der Waals surface area contributed by atoms with Crippen LogP contribution < -0.4 is 15.4 Å². The number of rotatable bonds is 10. The van der Waals surface area contributed by atoms with Gasteiger partial charge in [-0.2, -0.15) is 0 Å². The highest BCUT2D eigenvalue weighted by atomic mass is 127. The molecule has 9 nitrogen and oxygen atoms in total. The van der Waals surface area contributed by atoms with E-state index in [9.17, 15) is 10.1 Å². The first kappa shape index (κ1) is 26.8. The van der Waals surface area contributed by atoms with Crippen molar-refractivity contribution >= 4 is 35.6 Å².